The normalized spacial score (nSPS) is 7.87. The maximum Gasteiger partial charge on any atom is 0.234 e. The van der Waals surface area contributed by atoms with Gasteiger partial charge in [-0.3, -0.25) is 0 Å². The van der Waals surface area contributed by atoms with Crippen molar-refractivity contribution in [3.63, 3.8) is 0 Å². The number of aliphatic hydroxyl groups is 1. The van der Waals surface area contributed by atoms with Crippen LogP contribution >= 0.6 is 0 Å². The molecule has 0 aromatic carbocycles. The number of rotatable bonds is 7. The topological polar surface area (TPSA) is 79.1 Å². The molecule has 0 aromatic rings. The highest BCUT2D eigenvalue weighted by atomic mass is 16.2. The monoisotopic (exact) mass is 214 g/mol. The van der Waals surface area contributed by atoms with Gasteiger partial charge in [0.05, 0.1) is 13.1 Å². The summed E-state index contributed by atoms with van der Waals surface area (Å²) in [5.41, 5.74) is 0. The second-order valence-electron chi connectivity index (χ2n) is 2.68. The van der Waals surface area contributed by atoms with Crippen LogP contribution in [-0.2, 0) is 9.59 Å². The summed E-state index contributed by atoms with van der Waals surface area (Å²) >= 11 is 0. The molecule has 0 heterocycles. The molecular formula is C10H18N2O3. The Balaban J connectivity index is 0. The van der Waals surface area contributed by atoms with Crippen molar-refractivity contribution in [3.05, 3.63) is 0 Å². The number of unbranched alkanes of at least 4 members (excludes halogenated alkanes) is 3. The lowest BCUT2D eigenvalue weighted by molar-refractivity contribution is 0.318. The molecule has 0 radical (unpaired) electrons. The van der Waals surface area contributed by atoms with Crippen molar-refractivity contribution in [2.24, 2.45) is 9.98 Å². The third-order valence-electron chi connectivity index (χ3n) is 1.42. The second kappa shape index (κ2) is 18.5. The van der Waals surface area contributed by atoms with Crippen LogP contribution in [0.5, 0.6) is 0 Å². The molecule has 0 aliphatic carbocycles. The number of aliphatic hydroxyl groups excluding tert-OH is 1. The maximum absolute atomic E-state index is 9.63. The van der Waals surface area contributed by atoms with Crippen molar-refractivity contribution in [2.45, 2.75) is 32.6 Å². The molecule has 15 heavy (non-hydrogen) atoms. The average molecular weight is 214 g/mol. The van der Waals surface area contributed by atoms with Crippen LogP contribution in [0.15, 0.2) is 9.98 Å². The van der Waals surface area contributed by atoms with Crippen molar-refractivity contribution >= 4 is 12.2 Å². The highest BCUT2D eigenvalue weighted by molar-refractivity contribution is 5.32. The Kier molecular flexibility index (Phi) is 19.9. The van der Waals surface area contributed by atoms with Gasteiger partial charge in [0.1, 0.15) is 0 Å². The van der Waals surface area contributed by atoms with Crippen LogP contribution in [0, 0.1) is 0 Å². The first-order valence-corrected chi connectivity index (χ1v) is 5.01. The summed E-state index contributed by atoms with van der Waals surface area (Å²) in [5, 5.41) is 7.57. The minimum absolute atomic E-state index is 0.250. The quantitative estimate of drug-likeness (QED) is 0.393. The molecule has 0 atom stereocenters. The Labute approximate surface area is 89.9 Å². The van der Waals surface area contributed by atoms with Crippen LogP contribution in [0.2, 0.25) is 0 Å². The van der Waals surface area contributed by atoms with Crippen LogP contribution < -0.4 is 0 Å². The minimum atomic E-state index is 0.250. The number of hydrogen-bond donors (Lipinski definition) is 1. The van der Waals surface area contributed by atoms with E-state index >= 15 is 0 Å². The maximum atomic E-state index is 9.63. The first-order chi connectivity index (χ1) is 7.33. The highest BCUT2D eigenvalue weighted by Crippen LogP contribution is 1.99. The Hall–Kier alpha value is -1.28. The van der Waals surface area contributed by atoms with Crippen LogP contribution in [0.25, 0.3) is 0 Å². The molecule has 1 N–H and O–H groups in total. The SMILES string of the molecule is CCO.O=C=NCCCCCCN=C=O. The Morgan fingerprint density at radius 1 is 0.933 bits per heavy atom. The number of isocyanates is 2. The molecule has 0 saturated carbocycles. The number of hydrogen-bond acceptors (Lipinski definition) is 5. The molecule has 5 heteroatoms. The van der Waals surface area contributed by atoms with Crippen LogP contribution in [0.4, 0.5) is 0 Å². The molecule has 5 nitrogen and oxygen atoms in total. The predicted octanol–water partition coefficient (Wildman–Crippen LogP) is 1.22. The standard InChI is InChI=1S/C8H12N2O2.C2H6O/c11-7-9-5-3-1-2-4-6-10-8-12;1-2-3/h1-6H2;3H,2H2,1H3. The summed E-state index contributed by atoms with van der Waals surface area (Å²) < 4.78 is 0. The van der Waals surface area contributed by atoms with Crippen LogP contribution in [-0.4, -0.2) is 37.0 Å². The summed E-state index contributed by atoms with van der Waals surface area (Å²) in [7, 11) is 0. The lowest BCUT2D eigenvalue weighted by atomic mass is 10.2. The zero-order chi connectivity index (χ0) is 11.8. The summed E-state index contributed by atoms with van der Waals surface area (Å²) in [6.07, 6.45) is 6.80. The Morgan fingerprint density at radius 2 is 1.27 bits per heavy atom. The van der Waals surface area contributed by atoms with Crippen molar-refractivity contribution in [3.8, 4) is 0 Å². The summed E-state index contributed by atoms with van der Waals surface area (Å²) in [6, 6.07) is 0. The van der Waals surface area contributed by atoms with Crippen molar-refractivity contribution in [1.29, 1.82) is 0 Å². The summed E-state index contributed by atoms with van der Waals surface area (Å²) in [5.74, 6) is 0. The van der Waals surface area contributed by atoms with Gasteiger partial charge in [-0.1, -0.05) is 12.8 Å². The van der Waals surface area contributed by atoms with E-state index in [2.05, 4.69) is 9.98 Å². The third-order valence-corrected chi connectivity index (χ3v) is 1.42. The first-order valence-electron chi connectivity index (χ1n) is 5.01. The molecule has 0 saturated heterocycles. The molecule has 0 aromatic heterocycles. The van der Waals surface area contributed by atoms with Crippen LogP contribution in [0.1, 0.15) is 32.6 Å². The van der Waals surface area contributed by atoms with Gasteiger partial charge in [0.25, 0.3) is 0 Å². The molecular weight excluding hydrogens is 196 g/mol. The molecule has 0 amide bonds. The van der Waals surface area contributed by atoms with Gasteiger partial charge in [0.15, 0.2) is 0 Å². The van der Waals surface area contributed by atoms with Crippen LogP contribution in [0.3, 0.4) is 0 Å². The fraction of sp³-hybridized carbons (Fsp3) is 0.800. The molecule has 0 unspecified atom stereocenters. The van der Waals surface area contributed by atoms with Gasteiger partial charge in [0, 0.05) is 6.61 Å². The van der Waals surface area contributed by atoms with E-state index in [0.29, 0.717) is 13.1 Å². The van der Waals surface area contributed by atoms with Crippen molar-refractivity contribution in [2.75, 3.05) is 19.7 Å². The van der Waals surface area contributed by atoms with E-state index in [-0.39, 0.29) is 6.61 Å². The van der Waals surface area contributed by atoms with Crippen molar-refractivity contribution < 1.29 is 14.7 Å². The molecule has 86 valence electrons. The minimum Gasteiger partial charge on any atom is -0.397 e. The lowest BCUT2D eigenvalue weighted by Gasteiger charge is -1.93. The van der Waals surface area contributed by atoms with E-state index in [1.165, 1.54) is 12.2 Å². The van der Waals surface area contributed by atoms with E-state index < -0.39 is 0 Å². The highest BCUT2D eigenvalue weighted by Gasteiger charge is 1.87. The second-order valence-corrected chi connectivity index (χ2v) is 2.68. The molecule has 0 fully saturated rings. The van der Waals surface area contributed by atoms with Gasteiger partial charge in [0.2, 0.25) is 12.2 Å². The van der Waals surface area contributed by atoms with Gasteiger partial charge in [-0.05, 0) is 19.8 Å². The van der Waals surface area contributed by atoms with Gasteiger partial charge in [-0.25, -0.2) is 19.6 Å². The van der Waals surface area contributed by atoms with Gasteiger partial charge in [-0.2, -0.15) is 0 Å². The predicted molar refractivity (Wildman–Crippen MR) is 57.2 cm³/mol. The van der Waals surface area contributed by atoms with E-state index in [9.17, 15) is 9.59 Å². The van der Waals surface area contributed by atoms with Gasteiger partial charge < -0.3 is 5.11 Å². The molecule has 0 bridgehead atoms. The fourth-order valence-electron chi connectivity index (χ4n) is 0.827. The van der Waals surface area contributed by atoms with E-state index in [0.717, 1.165) is 25.7 Å². The van der Waals surface area contributed by atoms with Gasteiger partial charge >= 0.3 is 0 Å². The van der Waals surface area contributed by atoms with E-state index in [1.54, 1.807) is 6.92 Å². The zero-order valence-electron chi connectivity index (χ0n) is 9.11. The molecule has 0 aliphatic heterocycles. The van der Waals surface area contributed by atoms with Crippen molar-refractivity contribution in [1.82, 2.24) is 0 Å². The molecule has 0 rings (SSSR count). The number of carbonyl (C=O) groups excluding carboxylic acids is 2. The zero-order valence-corrected chi connectivity index (χ0v) is 9.11. The smallest absolute Gasteiger partial charge is 0.234 e. The Morgan fingerprint density at radius 3 is 1.53 bits per heavy atom. The van der Waals surface area contributed by atoms with E-state index in [4.69, 9.17) is 5.11 Å². The lowest BCUT2D eigenvalue weighted by Crippen LogP contribution is -1.84. The Bertz CT molecular complexity index is 185. The number of aliphatic imine (C=N–C) groups is 2. The van der Waals surface area contributed by atoms with E-state index in [1.807, 2.05) is 0 Å². The first kappa shape index (κ1) is 16.2. The average Bonchev–Trinajstić information content (AvgIpc) is 2.23. The van der Waals surface area contributed by atoms with Gasteiger partial charge in [-0.15, -0.1) is 0 Å². The number of nitrogens with zero attached hydrogens (tertiary/aromatic N) is 2. The molecule has 0 spiro atoms. The summed E-state index contributed by atoms with van der Waals surface area (Å²) in [4.78, 5) is 26.1. The largest absolute Gasteiger partial charge is 0.397 e. The fourth-order valence-corrected chi connectivity index (χ4v) is 0.827. The summed E-state index contributed by atoms with van der Waals surface area (Å²) in [6.45, 7) is 3.04. The molecule has 0 aliphatic rings. The third kappa shape index (κ3) is 24.5.